The van der Waals surface area contributed by atoms with Crippen molar-refractivity contribution in [1.29, 1.82) is 0 Å². The van der Waals surface area contributed by atoms with E-state index in [2.05, 4.69) is 152 Å². The lowest BCUT2D eigenvalue weighted by Gasteiger charge is -2.23. The number of allylic oxidation sites excluding steroid dienone is 12. The summed E-state index contributed by atoms with van der Waals surface area (Å²) >= 11 is 0. The maximum Gasteiger partial charge on any atom is 0.0616 e. The lowest BCUT2D eigenvalue weighted by Crippen LogP contribution is -2.13. The van der Waals surface area contributed by atoms with Gasteiger partial charge in [-0.15, -0.1) is 0 Å². The summed E-state index contributed by atoms with van der Waals surface area (Å²) in [5.41, 5.74) is 17.9. The zero-order valence-electron chi connectivity index (χ0n) is 29.4. The molecule has 5 aromatic rings. The van der Waals surface area contributed by atoms with Crippen molar-refractivity contribution in [3.63, 3.8) is 0 Å². The van der Waals surface area contributed by atoms with E-state index in [9.17, 15) is 0 Å². The zero-order valence-corrected chi connectivity index (χ0v) is 29.4. The van der Waals surface area contributed by atoms with Crippen LogP contribution >= 0.6 is 0 Å². The normalized spacial score (nSPS) is 14.9. The molecular formula is C47H48N2. The number of rotatable bonds is 10. The smallest absolute Gasteiger partial charge is 0.0616 e. The SMILES string of the molecule is C=C/C=C\C=C(/CC(=C)/C=C\C)C1C=Cc2c(n(-c3ccccc3)c3c2ccc2cc(-c4ccccc4/C(C)=C/C=C\N)ccc23)C1.CC. The zero-order chi connectivity index (χ0) is 34.8. The van der Waals surface area contributed by atoms with Crippen LogP contribution in [-0.2, 0) is 6.42 Å². The van der Waals surface area contributed by atoms with E-state index in [1.165, 1.54) is 66.5 Å². The highest BCUT2D eigenvalue weighted by Crippen LogP contribution is 2.42. The van der Waals surface area contributed by atoms with E-state index in [1.807, 2.05) is 39.0 Å². The van der Waals surface area contributed by atoms with Gasteiger partial charge in [-0.2, -0.15) is 0 Å². The van der Waals surface area contributed by atoms with Crippen LogP contribution in [-0.4, -0.2) is 4.57 Å². The maximum atomic E-state index is 5.63. The number of para-hydroxylation sites is 1. The van der Waals surface area contributed by atoms with Crippen LogP contribution in [0.3, 0.4) is 0 Å². The van der Waals surface area contributed by atoms with Crippen LogP contribution in [0.5, 0.6) is 0 Å². The van der Waals surface area contributed by atoms with Gasteiger partial charge < -0.3 is 10.3 Å². The van der Waals surface area contributed by atoms with E-state index in [4.69, 9.17) is 5.73 Å². The van der Waals surface area contributed by atoms with E-state index in [1.54, 1.807) is 6.20 Å². The molecular weight excluding hydrogens is 593 g/mol. The molecule has 4 aromatic carbocycles. The molecule has 0 fully saturated rings. The van der Waals surface area contributed by atoms with Crippen molar-refractivity contribution in [2.45, 2.75) is 40.5 Å². The van der Waals surface area contributed by atoms with Gasteiger partial charge in [0.1, 0.15) is 0 Å². The third-order valence-electron chi connectivity index (χ3n) is 9.00. The van der Waals surface area contributed by atoms with Crippen LogP contribution in [0.4, 0.5) is 0 Å². The summed E-state index contributed by atoms with van der Waals surface area (Å²) in [6.45, 7) is 16.4. The van der Waals surface area contributed by atoms with Crippen LogP contribution in [0.25, 0.3) is 50.1 Å². The maximum absolute atomic E-state index is 5.63. The lowest BCUT2D eigenvalue weighted by molar-refractivity contribution is 0.699. The highest BCUT2D eigenvalue weighted by atomic mass is 15.0. The largest absolute Gasteiger partial charge is 0.405 e. The Labute approximate surface area is 293 Å². The Morgan fingerprint density at radius 1 is 0.898 bits per heavy atom. The number of aromatic nitrogens is 1. The Morgan fingerprint density at radius 3 is 2.41 bits per heavy atom. The molecule has 246 valence electrons. The van der Waals surface area contributed by atoms with E-state index < -0.39 is 0 Å². The first-order valence-corrected chi connectivity index (χ1v) is 17.3. The van der Waals surface area contributed by atoms with Gasteiger partial charge in [0.25, 0.3) is 0 Å². The van der Waals surface area contributed by atoms with E-state index in [-0.39, 0.29) is 5.92 Å². The van der Waals surface area contributed by atoms with Crippen molar-refractivity contribution in [3.8, 4) is 16.8 Å². The molecule has 1 heterocycles. The number of hydrogen-bond acceptors (Lipinski definition) is 1. The predicted octanol–water partition coefficient (Wildman–Crippen LogP) is 12.7. The highest BCUT2D eigenvalue weighted by molar-refractivity contribution is 6.11. The number of hydrogen-bond donors (Lipinski definition) is 1. The summed E-state index contributed by atoms with van der Waals surface area (Å²) in [4.78, 5) is 0. The van der Waals surface area contributed by atoms with Gasteiger partial charge in [0, 0.05) is 33.6 Å². The molecule has 0 radical (unpaired) electrons. The monoisotopic (exact) mass is 640 g/mol. The molecule has 1 aromatic heterocycles. The van der Waals surface area contributed by atoms with Gasteiger partial charge in [0.05, 0.1) is 5.52 Å². The van der Waals surface area contributed by atoms with Crippen LogP contribution in [0.1, 0.15) is 50.9 Å². The molecule has 49 heavy (non-hydrogen) atoms. The fourth-order valence-corrected chi connectivity index (χ4v) is 6.84. The molecule has 1 unspecified atom stereocenters. The molecule has 0 saturated heterocycles. The Hall–Kier alpha value is -5.60. The number of nitrogens with two attached hydrogens (primary N) is 1. The molecule has 0 saturated carbocycles. The fourth-order valence-electron chi connectivity index (χ4n) is 6.84. The molecule has 1 aliphatic carbocycles. The molecule has 6 rings (SSSR count). The number of benzene rings is 4. The number of fused-ring (bicyclic) bond motifs is 5. The summed E-state index contributed by atoms with van der Waals surface area (Å²) in [6, 6.07) is 30.9. The first-order chi connectivity index (χ1) is 24.0. The third-order valence-corrected chi connectivity index (χ3v) is 9.00. The minimum absolute atomic E-state index is 0.255. The average molecular weight is 641 g/mol. The van der Waals surface area contributed by atoms with Gasteiger partial charge >= 0.3 is 0 Å². The second-order valence-corrected chi connectivity index (χ2v) is 12.1. The van der Waals surface area contributed by atoms with Crippen molar-refractivity contribution in [2.24, 2.45) is 11.7 Å². The summed E-state index contributed by atoms with van der Waals surface area (Å²) in [6.07, 6.45) is 24.3. The van der Waals surface area contributed by atoms with E-state index in [0.29, 0.717) is 0 Å². The van der Waals surface area contributed by atoms with Gasteiger partial charge in [0.15, 0.2) is 0 Å². The molecule has 0 amide bonds. The van der Waals surface area contributed by atoms with Crippen molar-refractivity contribution in [1.82, 2.24) is 4.57 Å². The summed E-state index contributed by atoms with van der Waals surface area (Å²) in [5, 5.41) is 3.75. The minimum atomic E-state index is 0.255. The molecule has 2 heteroatoms. The van der Waals surface area contributed by atoms with Crippen molar-refractivity contribution < 1.29 is 0 Å². The second kappa shape index (κ2) is 16.5. The quantitative estimate of drug-likeness (QED) is 0.151. The molecule has 2 nitrogen and oxygen atoms in total. The van der Waals surface area contributed by atoms with Gasteiger partial charge in [-0.3, -0.25) is 0 Å². The predicted molar refractivity (Wildman–Crippen MR) is 217 cm³/mol. The summed E-state index contributed by atoms with van der Waals surface area (Å²) < 4.78 is 2.50. The van der Waals surface area contributed by atoms with Crippen molar-refractivity contribution in [3.05, 3.63) is 187 Å². The summed E-state index contributed by atoms with van der Waals surface area (Å²) in [5.74, 6) is 0.255. The topological polar surface area (TPSA) is 30.9 Å². The molecule has 0 aliphatic heterocycles. The van der Waals surface area contributed by atoms with Crippen LogP contribution in [0, 0.1) is 5.92 Å². The first kappa shape index (κ1) is 34.7. The average Bonchev–Trinajstić information content (AvgIpc) is 3.48. The Balaban J connectivity index is 0.00000230. The van der Waals surface area contributed by atoms with Gasteiger partial charge in [-0.25, -0.2) is 0 Å². The van der Waals surface area contributed by atoms with E-state index >= 15 is 0 Å². The number of nitrogens with zero attached hydrogens (tertiary/aromatic N) is 1. The van der Waals surface area contributed by atoms with E-state index in [0.717, 1.165) is 18.4 Å². The fraction of sp³-hybridized carbons (Fsp3) is 0.149. The standard InChI is InChI=1S/C45H42N2.C2H6/c1-5-7-9-17-34(29-32(3)15-6-2)35-22-26-42-43-27-24-37-30-36(40-21-13-12-20-39(40)33(4)16-14-28-46)23-25-41(37)45(43)47(44(42)31-35)38-18-10-8-11-19-38;1-2/h5-28,30,35H,1,3,29,31,46H2,2,4H3;1-2H3/b9-7-,15-6-,28-14-,33-16+,34-17+;. The Morgan fingerprint density at radius 2 is 1.65 bits per heavy atom. The molecule has 0 bridgehead atoms. The van der Waals surface area contributed by atoms with Gasteiger partial charge in [-0.05, 0) is 84.8 Å². The highest BCUT2D eigenvalue weighted by Gasteiger charge is 2.26. The van der Waals surface area contributed by atoms with Crippen molar-refractivity contribution in [2.75, 3.05) is 0 Å². The van der Waals surface area contributed by atoms with Crippen molar-refractivity contribution >= 4 is 33.3 Å². The third kappa shape index (κ3) is 7.45. The van der Waals surface area contributed by atoms with Gasteiger partial charge in [0.2, 0.25) is 0 Å². The minimum Gasteiger partial charge on any atom is -0.405 e. The molecule has 0 spiro atoms. The van der Waals surface area contributed by atoms with Crippen LogP contribution < -0.4 is 5.73 Å². The molecule has 1 atom stereocenters. The molecule has 2 N–H and O–H groups in total. The lowest BCUT2D eigenvalue weighted by atomic mass is 9.84. The molecule has 1 aliphatic rings. The van der Waals surface area contributed by atoms with Gasteiger partial charge in [-0.1, -0.05) is 160 Å². The Kier molecular flexibility index (Phi) is 11.7. The Bertz CT molecular complexity index is 2140. The second-order valence-electron chi connectivity index (χ2n) is 12.1. The van der Waals surface area contributed by atoms with Crippen LogP contribution in [0.15, 0.2) is 170 Å². The van der Waals surface area contributed by atoms with Crippen LogP contribution in [0.2, 0.25) is 0 Å². The summed E-state index contributed by atoms with van der Waals surface area (Å²) in [7, 11) is 0. The first-order valence-electron chi connectivity index (χ1n) is 17.3.